The summed E-state index contributed by atoms with van der Waals surface area (Å²) in [6, 6.07) is 0.352. The van der Waals surface area contributed by atoms with Crippen LogP contribution in [0.4, 0.5) is 0 Å². The van der Waals surface area contributed by atoms with E-state index in [2.05, 4.69) is 33.0 Å². The zero-order chi connectivity index (χ0) is 23.3. The molecule has 0 saturated heterocycles. The van der Waals surface area contributed by atoms with Gasteiger partial charge in [0.15, 0.2) is 0 Å². The number of aliphatic carboxylic acids is 1. The van der Waals surface area contributed by atoms with Gasteiger partial charge in [0.1, 0.15) is 0 Å². The van der Waals surface area contributed by atoms with Crippen LogP contribution in [0.25, 0.3) is 0 Å². The summed E-state index contributed by atoms with van der Waals surface area (Å²) in [5.41, 5.74) is 0.0271. The number of carbonyl (C=O) groups is 1. The Kier molecular flexibility index (Phi) is 7.03. The normalized spacial score (nSPS) is 48.2. The van der Waals surface area contributed by atoms with E-state index in [-0.39, 0.29) is 29.0 Å². The second kappa shape index (κ2) is 9.19. The topological polar surface area (TPSA) is 78.8 Å². The average Bonchev–Trinajstić information content (AvgIpc) is 3.05. The van der Waals surface area contributed by atoms with Gasteiger partial charge in [0.25, 0.3) is 0 Å². The van der Waals surface area contributed by atoms with E-state index in [9.17, 15) is 15.0 Å². The fourth-order valence-electron chi connectivity index (χ4n) is 8.98. The Morgan fingerprint density at radius 1 is 1.12 bits per heavy atom. The van der Waals surface area contributed by atoms with Gasteiger partial charge in [-0.2, -0.15) is 0 Å². The first-order valence-corrected chi connectivity index (χ1v) is 13.4. The Hall–Kier alpha value is -0.650. The molecule has 0 aromatic carbocycles. The molecule has 0 aliphatic heterocycles. The molecule has 5 heteroatoms. The zero-order valence-corrected chi connectivity index (χ0v) is 21.0. The van der Waals surface area contributed by atoms with E-state index >= 15 is 0 Å². The van der Waals surface area contributed by atoms with Crippen molar-refractivity contribution in [3.8, 4) is 0 Å². The van der Waals surface area contributed by atoms with Crippen LogP contribution in [-0.4, -0.2) is 47.6 Å². The van der Waals surface area contributed by atoms with E-state index in [4.69, 9.17) is 4.74 Å². The molecule has 4 saturated carbocycles. The van der Waals surface area contributed by atoms with Gasteiger partial charge in [0, 0.05) is 12.6 Å². The van der Waals surface area contributed by atoms with Crippen molar-refractivity contribution in [1.82, 2.24) is 5.32 Å². The van der Waals surface area contributed by atoms with Gasteiger partial charge in [-0.15, -0.1) is 0 Å². The molecule has 0 amide bonds. The van der Waals surface area contributed by atoms with Crippen LogP contribution in [0.5, 0.6) is 0 Å². The molecule has 4 aliphatic rings. The predicted molar refractivity (Wildman–Crippen MR) is 126 cm³/mol. The van der Waals surface area contributed by atoms with Crippen molar-refractivity contribution in [3.63, 3.8) is 0 Å². The van der Waals surface area contributed by atoms with Crippen LogP contribution >= 0.6 is 0 Å². The highest BCUT2D eigenvalue weighted by atomic mass is 16.5. The Bertz CT molecular complexity index is 683. The van der Waals surface area contributed by atoms with E-state index in [0.717, 1.165) is 51.5 Å². The Morgan fingerprint density at radius 3 is 2.53 bits per heavy atom. The lowest BCUT2D eigenvalue weighted by Gasteiger charge is -2.64. The second-order valence-electron chi connectivity index (χ2n) is 12.5. The van der Waals surface area contributed by atoms with Gasteiger partial charge < -0.3 is 20.3 Å². The second-order valence-corrected chi connectivity index (χ2v) is 12.5. The van der Waals surface area contributed by atoms with E-state index < -0.39 is 5.97 Å². The smallest absolute Gasteiger partial charge is 0.307 e. The summed E-state index contributed by atoms with van der Waals surface area (Å²) >= 11 is 0. The fraction of sp³-hybridized carbons (Fsp3) is 0.963. The minimum Gasteiger partial charge on any atom is -0.481 e. The van der Waals surface area contributed by atoms with Gasteiger partial charge in [-0.05, 0) is 105 Å². The third-order valence-electron chi connectivity index (χ3n) is 10.4. The van der Waals surface area contributed by atoms with Gasteiger partial charge in [0.05, 0.1) is 18.1 Å². The van der Waals surface area contributed by atoms with Crippen molar-refractivity contribution in [2.75, 3.05) is 13.2 Å². The molecule has 32 heavy (non-hydrogen) atoms. The first-order valence-electron chi connectivity index (χ1n) is 13.4. The SMILES string of the molecule is CCOC1C[C@@]2(C)C(CC[C@@H]3[C@H]2C(NCCC(C)C)C[C@]2(C)C(C(=O)O)CC[C@@H]32)CC1O. The molecular formula is C27H47NO4. The third kappa shape index (κ3) is 4.05. The number of rotatable bonds is 7. The number of carboxylic acids is 1. The van der Waals surface area contributed by atoms with E-state index in [1.54, 1.807) is 0 Å². The molecule has 4 aliphatic carbocycles. The van der Waals surface area contributed by atoms with Gasteiger partial charge in [0.2, 0.25) is 0 Å². The maximum atomic E-state index is 12.2. The number of hydrogen-bond acceptors (Lipinski definition) is 4. The van der Waals surface area contributed by atoms with Crippen molar-refractivity contribution in [3.05, 3.63) is 0 Å². The predicted octanol–water partition coefficient (Wildman–Crippen LogP) is 4.72. The van der Waals surface area contributed by atoms with Crippen LogP contribution in [0.1, 0.15) is 86.0 Å². The van der Waals surface area contributed by atoms with E-state index in [0.29, 0.717) is 42.2 Å². The molecule has 0 aromatic heterocycles. The lowest BCUT2D eigenvalue weighted by molar-refractivity contribution is -0.182. The van der Waals surface area contributed by atoms with Gasteiger partial charge in [-0.1, -0.05) is 27.7 Å². The third-order valence-corrected chi connectivity index (χ3v) is 10.4. The number of aliphatic hydroxyl groups is 1. The van der Waals surface area contributed by atoms with E-state index in [1.165, 1.54) is 6.42 Å². The summed E-state index contributed by atoms with van der Waals surface area (Å²) < 4.78 is 6.04. The van der Waals surface area contributed by atoms with Crippen LogP contribution in [-0.2, 0) is 9.53 Å². The van der Waals surface area contributed by atoms with Crippen LogP contribution < -0.4 is 5.32 Å². The summed E-state index contributed by atoms with van der Waals surface area (Å²) in [6.07, 6.45) is 7.72. The van der Waals surface area contributed by atoms with E-state index in [1.807, 2.05) is 6.92 Å². The molecule has 10 atom stereocenters. The molecule has 4 fully saturated rings. The Balaban J connectivity index is 1.67. The standard InChI is InChI=1S/C27H47NO4/c1-6-32-23-15-26(4)17(13-22(23)29)7-8-18-19-9-10-20(25(30)31)27(19,5)14-21(24(18)26)28-12-11-16(2)3/h16-24,28-29H,6-15H2,1-5H3,(H,30,31)/t17?,18-,19-,20?,21?,22?,23?,24-,26-,27-/m0/s1. The molecule has 3 N–H and O–H groups in total. The highest BCUT2D eigenvalue weighted by molar-refractivity contribution is 5.71. The highest BCUT2D eigenvalue weighted by Gasteiger charge is 2.64. The van der Waals surface area contributed by atoms with Crippen molar-refractivity contribution in [2.24, 2.45) is 46.3 Å². The minimum absolute atomic E-state index is 0.0695. The molecule has 184 valence electrons. The number of aliphatic hydroxyl groups excluding tert-OH is 1. The number of ether oxygens (including phenoxy) is 1. The number of fused-ring (bicyclic) bond motifs is 5. The zero-order valence-electron chi connectivity index (χ0n) is 21.0. The average molecular weight is 450 g/mol. The first-order chi connectivity index (χ1) is 15.1. The maximum absolute atomic E-state index is 12.2. The molecule has 5 unspecified atom stereocenters. The number of nitrogens with one attached hydrogen (secondary N) is 1. The van der Waals surface area contributed by atoms with Crippen molar-refractivity contribution < 1.29 is 19.7 Å². The summed E-state index contributed by atoms with van der Waals surface area (Å²) in [5, 5.41) is 24.8. The van der Waals surface area contributed by atoms with Gasteiger partial charge in [-0.25, -0.2) is 0 Å². The van der Waals surface area contributed by atoms with Crippen LogP contribution in [0.3, 0.4) is 0 Å². The quantitative estimate of drug-likeness (QED) is 0.524. The van der Waals surface area contributed by atoms with Crippen molar-refractivity contribution in [2.45, 2.75) is 104 Å². The van der Waals surface area contributed by atoms with Crippen LogP contribution in [0.15, 0.2) is 0 Å². The molecule has 5 nitrogen and oxygen atoms in total. The van der Waals surface area contributed by atoms with Crippen LogP contribution in [0, 0.1) is 46.3 Å². The number of carboxylic acid groups (broad SMARTS) is 1. The minimum atomic E-state index is -0.591. The summed E-state index contributed by atoms with van der Waals surface area (Å²) in [7, 11) is 0. The molecule has 0 aromatic rings. The van der Waals surface area contributed by atoms with Crippen LogP contribution in [0.2, 0.25) is 0 Å². The van der Waals surface area contributed by atoms with Gasteiger partial charge >= 0.3 is 5.97 Å². The Labute approximate surface area is 195 Å². The largest absolute Gasteiger partial charge is 0.481 e. The fourth-order valence-corrected chi connectivity index (χ4v) is 8.98. The highest BCUT2D eigenvalue weighted by Crippen LogP contribution is 2.67. The first kappa shape index (κ1) is 24.5. The number of hydrogen-bond donors (Lipinski definition) is 3. The van der Waals surface area contributed by atoms with Crippen molar-refractivity contribution in [1.29, 1.82) is 0 Å². The molecular weight excluding hydrogens is 402 g/mol. The van der Waals surface area contributed by atoms with Crippen molar-refractivity contribution >= 4 is 5.97 Å². The molecule has 4 rings (SSSR count). The lowest BCUT2D eigenvalue weighted by atomic mass is 9.43. The summed E-state index contributed by atoms with van der Waals surface area (Å²) in [6.45, 7) is 13.0. The molecule has 0 bridgehead atoms. The molecule has 0 heterocycles. The molecule has 0 spiro atoms. The monoisotopic (exact) mass is 449 g/mol. The summed E-state index contributed by atoms with van der Waals surface area (Å²) in [5.74, 6) is 2.01. The Morgan fingerprint density at radius 2 is 1.88 bits per heavy atom. The van der Waals surface area contributed by atoms with Gasteiger partial charge in [-0.3, -0.25) is 4.79 Å². The summed E-state index contributed by atoms with van der Waals surface area (Å²) in [4.78, 5) is 12.2. The maximum Gasteiger partial charge on any atom is 0.307 e. The molecule has 0 radical (unpaired) electrons. The lowest BCUT2D eigenvalue weighted by Crippen LogP contribution is -2.64.